The summed E-state index contributed by atoms with van der Waals surface area (Å²) in [5.41, 5.74) is 1.38. The van der Waals surface area contributed by atoms with Crippen LogP contribution >= 0.6 is 0 Å². The number of nitrogens with one attached hydrogen (secondary N) is 1. The second kappa shape index (κ2) is 5.81. The third kappa shape index (κ3) is 2.74. The van der Waals surface area contributed by atoms with Crippen LogP contribution in [-0.4, -0.2) is 26.2 Å². The van der Waals surface area contributed by atoms with Gasteiger partial charge in [0, 0.05) is 24.2 Å². The molecule has 0 amide bonds. The van der Waals surface area contributed by atoms with Gasteiger partial charge in [-0.05, 0) is 13.8 Å². The highest BCUT2D eigenvalue weighted by atomic mass is 19.1. The lowest BCUT2D eigenvalue weighted by atomic mass is 10.3. The van der Waals surface area contributed by atoms with Crippen LogP contribution in [0.1, 0.15) is 18.1 Å². The zero-order valence-electron chi connectivity index (χ0n) is 11.0. The SMILES string of the molecule is CCn1ncc(CNc2c(C)cnn2CCF)c1F. The Balaban J connectivity index is 2.09. The normalized spacial score (nSPS) is 10.9. The van der Waals surface area contributed by atoms with Crippen molar-refractivity contribution in [2.75, 3.05) is 12.0 Å². The average Bonchev–Trinajstić information content (AvgIpc) is 2.92. The highest BCUT2D eigenvalue weighted by molar-refractivity contribution is 5.43. The molecule has 0 atom stereocenters. The van der Waals surface area contributed by atoms with E-state index in [1.54, 1.807) is 6.20 Å². The zero-order valence-corrected chi connectivity index (χ0v) is 11.0. The van der Waals surface area contributed by atoms with Crippen molar-refractivity contribution < 1.29 is 8.78 Å². The van der Waals surface area contributed by atoms with Gasteiger partial charge in [-0.1, -0.05) is 0 Å². The van der Waals surface area contributed by atoms with Gasteiger partial charge in [-0.2, -0.15) is 14.6 Å². The first-order valence-corrected chi connectivity index (χ1v) is 6.19. The van der Waals surface area contributed by atoms with E-state index in [1.807, 2.05) is 13.8 Å². The molecular formula is C12H17F2N5. The van der Waals surface area contributed by atoms with Crippen LogP contribution in [0.4, 0.5) is 14.6 Å². The van der Waals surface area contributed by atoms with E-state index in [0.717, 1.165) is 5.56 Å². The highest BCUT2D eigenvalue weighted by Gasteiger charge is 2.11. The first kappa shape index (κ1) is 13.5. The number of alkyl halides is 1. The molecule has 0 bridgehead atoms. The van der Waals surface area contributed by atoms with Crippen LogP contribution in [-0.2, 0) is 19.6 Å². The molecule has 0 aliphatic carbocycles. The van der Waals surface area contributed by atoms with Gasteiger partial charge in [0.05, 0.1) is 18.9 Å². The molecular weight excluding hydrogens is 252 g/mol. The molecule has 104 valence electrons. The Morgan fingerprint density at radius 1 is 1.26 bits per heavy atom. The lowest BCUT2D eigenvalue weighted by Crippen LogP contribution is -2.10. The molecule has 5 nitrogen and oxygen atoms in total. The van der Waals surface area contributed by atoms with Crippen molar-refractivity contribution in [3.8, 4) is 0 Å². The predicted octanol–water partition coefficient (Wildman–Crippen LogP) is 2.13. The largest absolute Gasteiger partial charge is 0.366 e. The predicted molar refractivity (Wildman–Crippen MR) is 68.1 cm³/mol. The molecule has 0 radical (unpaired) electrons. The number of aromatic nitrogens is 4. The van der Waals surface area contributed by atoms with Crippen molar-refractivity contribution >= 4 is 5.82 Å². The number of anilines is 1. The Kier molecular flexibility index (Phi) is 4.13. The van der Waals surface area contributed by atoms with E-state index >= 15 is 0 Å². The standard InChI is InChI=1S/C12H17F2N5/c1-3-18-11(14)10(8-17-18)7-15-12-9(2)6-16-19(12)5-4-13/h6,8,15H,3-5,7H2,1-2H3. The Labute approximate surface area is 110 Å². The number of hydrogen-bond acceptors (Lipinski definition) is 3. The number of hydrogen-bond donors (Lipinski definition) is 1. The van der Waals surface area contributed by atoms with Gasteiger partial charge < -0.3 is 5.32 Å². The van der Waals surface area contributed by atoms with Gasteiger partial charge in [0.2, 0.25) is 5.95 Å². The highest BCUT2D eigenvalue weighted by Crippen LogP contribution is 2.16. The maximum atomic E-state index is 13.8. The lowest BCUT2D eigenvalue weighted by molar-refractivity contribution is 0.429. The molecule has 0 aliphatic rings. The molecule has 1 N–H and O–H groups in total. The van der Waals surface area contributed by atoms with Crippen molar-refractivity contribution in [1.82, 2.24) is 19.6 Å². The van der Waals surface area contributed by atoms with E-state index in [2.05, 4.69) is 15.5 Å². The molecule has 2 rings (SSSR count). The molecule has 0 fully saturated rings. The summed E-state index contributed by atoms with van der Waals surface area (Å²) in [5, 5.41) is 11.1. The van der Waals surface area contributed by atoms with E-state index in [0.29, 0.717) is 24.5 Å². The number of nitrogens with zero attached hydrogens (tertiary/aromatic N) is 4. The first-order chi connectivity index (χ1) is 9.17. The number of halogens is 2. The fourth-order valence-electron chi connectivity index (χ4n) is 1.89. The topological polar surface area (TPSA) is 47.7 Å². The van der Waals surface area contributed by atoms with Crippen molar-refractivity contribution in [2.24, 2.45) is 0 Å². The van der Waals surface area contributed by atoms with Crippen molar-refractivity contribution in [3.05, 3.63) is 29.5 Å². The van der Waals surface area contributed by atoms with Crippen LogP contribution in [0.3, 0.4) is 0 Å². The summed E-state index contributed by atoms with van der Waals surface area (Å²) in [4.78, 5) is 0. The van der Waals surface area contributed by atoms with Gasteiger partial charge in [0.1, 0.15) is 12.5 Å². The molecule has 0 saturated carbocycles. The first-order valence-electron chi connectivity index (χ1n) is 6.19. The minimum Gasteiger partial charge on any atom is -0.366 e. The van der Waals surface area contributed by atoms with E-state index in [1.165, 1.54) is 15.6 Å². The van der Waals surface area contributed by atoms with Crippen LogP contribution in [0.15, 0.2) is 12.4 Å². The summed E-state index contributed by atoms with van der Waals surface area (Å²) in [6.07, 6.45) is 3.15. The van der Waals surface area contributed by atoms with Crippen LogP contribution in [0.2, 0.25) is 0 Å². The quantitative estimate of drug-likeness (QED) is 0.874. The van der Waals surface area contributed by atoms with Crippen molar-refractivity contribution in [1.29, 1.82) is 0 Å². The minimum atomic E-state index is -0.488. The second-order valence-electron chi connectivity index (χ2n) is 4.22. The molecule has 0 aromatic carbocycles. The fourth-order valence-corrected chi connectivity index (χ4v) is 1.89. The van der Waals surface area contributed by atoms with Gasteiger partial charge >= 0.3 is 0 Å². The molecule has 2 aromatic rings. The van der Waals surface area contributed by atoms with E-state index in [9.17, 15) is 8.78 Å². The lowest BCUT2D eigenvalue weighted by Gasteiger charge is -2.09. The Morgan fingerprint density at radius 2 is 2.00 bits per heavy atom. The Bertz CT molecular complexity index is 546. The van der Waals surface area contributed by atoms with Crippen molar-refractivity contribution in [3.63, 3.8) is 0 Å². The minimum absolute atomic E-state index is 0.187. The third-order valence-electron chi connectivity index (χ3n) is 2.91. The fraction of sp³-hybridized carbons (Fsp3) is 0.500. The molecule has 19 heavy (non-hydrogen) atoms. The summed E-state index contributed by atoms with van der Waals surface area (Å²) in [7, 11) is 0. The van der Waals surface area contributed by atoms with Crippen molar-refractivity contribution in [2.45, 2.75) is 33.5 Å². The van der Waals surface area contributed by atoms with E-state index < -0.39 is 6.67 Å². The van der Waals surface area contributed by atoms with Gasteiger partial charge in [-0.15, -0.1) is 0 Å². The molecule has 2 aromatic heterocycles. The molecule has 0 spiro atoms. The summed E-state index contributed by atoms with van der Waals surface area (Å²) in [5.74, 6) is 0.366. The third-order valence-corrected chi connectivity index (χ3v) is 2.91. The smallest absolute Gasteiger partial charge is 0.216 e. The summed E-state index contributed by atoms with van der Waals surface area (Å²) in [6.45, 7) is 4.18. The summed E-state index contributed by atoms with van der Waals surface area (Å²) in [6, 6.07) is 0. The molecule has 0 unspecified atom stereocenters. The van der Waals surface area contributed by atoms with Crippen LogP contribution in [0.25, 0.3) is 0 Å². The molecule has 7 heteroatoms. The average molecular weight is 269 g/mol. The maximum Gasteiger partial charge on any atom is 0.216 e. The maximum absolute atomic E-state index is 13.8. The van der Waals surface area contributed by atoms with Crippen LogP contribution in [0, 0.1) is 12.9 Å². The number of aryl methyl sites for hydroxylation is 3. The Morgan fingerprint density at radius 3 is 2.63 bits per heavy atom. The molecule has 0 aliphatic heterocycles. The molecule has 2 heterocycles. The monoisotopic (exact) mass is 269 g/mol. The van der Waals surface area contributed by atoms with Crippen LogP contribution in [0.5, 0.6) is 0 Å². The van der Waals surface area contributed by atoms with E-state index in [-0.39, 0.29) is 12.5 Å². The second-order valence-corrected chi connectivity index (χ2v) is 4.22. The van der Waals surface area contributed by atoms with Gasteiger partial charge in [0.15, 0.2) is 0 Å². The van der Waals surface area contributed by atoms with Gasteiger partial charge in [-0.25, -0.2) is 13.8 Å². The number of rotatable bonds is 6. The van der Waals surface area contributed by atoms with Gasteiger partial charge in [0.25, 0.3) is 0 Å². The summed E-state index contributed by atoms with van der Waals surface area (Å²) >= 11 is 0. The van der Waals surface area contributed by atoms with Gasteiger partial charge in [-0.3, -0.25) is 0 Å². The van der Waals surface area contributed by atoms with E-state index in [4.69, 9.17) is 0 Å². The van der Waals surface area contributed by atoms with Crippen LogP contribution < -0.4 is 5.32 Å². The summed E-state index contributed by atoms with van der Waals surface area (Å²) < 4.78 is 29.0. The Hall–Kier alpha value is -1.92. The zero-order chi connectivity index (χ0) is 13.8. The molecule has 0 saturated heterocycles.